The third kappa shape index (κ3) is 2.53. The number of benzene rings is 1. The fourth-order valence-corrected chi connectivity index (χ4v) is 1.31. The molecule has 0 amide bonds. The molecule has 0 saturated carbocycles. The third-order valence-corrected chi connectivity index (χ3v) is 2.63. The highest BCUT2D eigenvalue weighted by Crippen LogP contribution is 2.22. The molecule has 0 aromatic heterocycles. The highest BCUT2D eigenvalue weighted by molar-refractivity contribution is 6.30. The minimum Gasteiger partial charge on any atom is -0.294 e. The average molecular weight is 233 g/mol. The van der Waals surface area contributed by atoms with E-state index in [1.165, 1.54) is 0 Å². The van der Waals surface area contributed by atoms with Gasteiger partial charge in [-0.3, -0.25) is 4.79 Å². The van der Waals surface area contributed by atoms with E-state index in [1.54, 1.807) is 6.92 Å². The van der Waals surface area contributed by atoms with Gasteiger partial charge in [-0.05, 0) is 18.6 Å². The maximum atomic E-state index is 13.3. The van der Waals surface area contributed by atoms with Gasteiger partial charge >= 0.3 is 0 Å². The summed E-state index contributed by atoms with van der Waals surface area (Å²) in [6.07, 6.45) is 0.586. The average Bonchev–Trinajstić information content (AvgIpc) is 2.21. The number of carbonyl (C=O) groups excluding carboxylic acids is 1. The molecule has 1 atom stereocenters. The van der Waals surface area contributed by atoms with Gasteiger partial charge in [-0.2, -0.15) is 0 Å². The second kappa shape index (κ2) is 4.71. The largest absolute Gasteiger partial charge is 0.294 e. The van der Waals surface area contributed by atoms with E-state index < -0.39 is 17.4 Å². The number of carbonyl (C=O) groups is 1. The van der Waals surface area contributed by atoms with E-state index in [0.717, 1.165) is 12.1 Å². The molecule has 0 N–H and O–H groups in total. The molecule has 0 aliphatic rings. The van der Waals surface area contributed by atoms with Crippen molar-refractivity contribution in [1.29, 1.82) is 0 Å². The summed E-state index contributed by atoms with van der Waals surface area (Å²) in [7, 11) is 0. The first kappa shape index (κ1) is 12.1. The molecule has 0 saturated heterocycles. The van der Waals surface area contributed by atoms with Crippen molar-refractivity contribution in [3.05, 3.63) is 34.4 Å². The van der Waals surface area contributed by atoms with Gasteiger partial charge in [0.2, 0.25) is 0 Å². The minimum atomic E-state index is -0.773. The van der Waals surface area contributed by atoms with E-state index in [9.17, 15) is 13.6 Å². The summed E-state index contributed by atoms with van der Waals surface area (Å²) >= 11 is 5.38. The predicted octanol–water partition coefficient (Wildman–Crippen LogP) is 3.85. The monoisotopic (exact) mass is 232 g/mol. The molecule has 0 radical (unpaired) electrons. The van der Waals surface area contributed by atoms with Crippen molar-refractivity contribution in [3.63, 3.8) is 0 Å². The molecule has 1 aromatic carbocycles. The smallest absolute Gasteiger partial charge is 0.168 e. The molecular formula is C11H11ClF2O. The molecular weight excluding hydrogens is 222 g/mol. The lowest BCUT2D eigenvalue weighted by molar-refractivity contribution is 0.0922. The first-order valence-corrected chi connectivity index (χ1v) is 5.04. The number of hydrogen-bond acceptors (Lipinski definition) is 1. The van der Waals surface area contributed by atoms with Gasteiger partial charge in [-0.25, -0.2) is 8.78 Å². The first-order chi connectivity index (χ1) is 6.97. The number of Topliss-reactive ketones (excluding diaryl/α,β-unsaturated/α-hetero) is 1. The lowest BCUT2D eigenvalue weighted by Gasteiger charge is -2.08. The van der Waals surface area contributed by atoms with Gasteiger partial charge in [0.1, 0.15) is 11.6 Å². The molecule has 0 fully saturated rings. The van der Waals surface area contributed by atoms with E-state index in [2.05, 4.69) is 0 Å². The maximum absolute atomic E-state index is 13.3. The van der Waals surface area contributed by atoms with Gasteiger partial charge in [-0.15, -0.1) is 0 Å². The molecule has 1 rings (SSSR count). The van der Waals surface area contributed by atoms with E-state index in [0.29, 0.717) is 6.42 Å². The van der Waals surface area contributed by atoms with Gasteiger partial charge in [-0.1, -0.05) is 25.4 Å². The highest BCUT2D eigenvalue weighted by atomic mass is 35.5. The lowest BCUT2D eigenvalue weighted by atomic mass is 9.97. The normalized spacial score (nSPS) is 12.6. The SMILES string of the molecule is CCC(C)C(=O)c1cc(F)c(Cl)cc1F. The van der Waals surface area contributed by atoms with Gasteiger partial charge in [0.05, 0.1) is 10.6 Å². The summed E-state index contributed by atoms with van der Waals surface area (Å²) in [5, 5.41) is -0.312. The zero-order chi connectivity index (χ0) is 11.6. The van der Waals surface area contributed by atoms with Gasteiger partial charge < -0.3 is 0 Å². The molecule has 0 heterocycles. The van der Waals surface area contributed by atoms with Crippen molar-refractivity contribution in [2.75, 3.05) is 0 Å². The summed E-state index contributed by atoms with van der Waals surface area (Å²) in [5.41, 5.74) is -0.230. The Morgan fingerprint density at radius 3 is 2.53 bits per heavy atom. The second-order valence-corrected chi connectivity index (χ2v) is 3.83. The molecule has 1 nitrogen and oxygen atoms in total. The Morgan fingerprint density at radius 2 is 2.00 bits per heavy atom. The standard InChI is InChI=1S/C11H11ClF2O/c1-3-6(2)11(15)7-4-10(14)8(12)5-9(7)13/h4-6H,3H2,1-2H3. The fourth-order valence-electron chi connectivity index (χ4n) is 1.16. The van der Waals surface area contributed by atoms with Crippen molar-refractivity contribution in [2.24, 2.45) is 5.92 Å². The van der Waals surface area contributed by atoms with Crippen molar-refractivity contribution in [2.45, 2.75) is 20.3 Å². The lowest BCUT2D eigenvalue weighted by Crippen LogP contribution is -2.12. The number of rotatable bonds is 3. The summed E-state index contributed by atoms with van der Waals surface area (Å²) in [4.78, 5) is 11.6. The third-order valence-electron chi connectivity index (χ3n) is 2.34. The van der Waals surface area contributed by atoms with Crippen LogP contribution in [0.2, 0.25) is 5.02 Å². The molecule has 4 heteroatoms. The maximum Gasteiger partial charge on any atom is 0.168 e. The Balaban J connectivity index is 3.15. The van der Waals surface area contributed by atoms with Crippen LogP contribution >= 0.6 is 11.6 Å². The Kier molecular flexibility index (Phi) is 3.80. The van der Waals surface area contributed by atoms with E-state index >= 15 is 0 Å². The predicted molar refractivity (Wildman–Crippen MR) is 55.2 cm³/mol. The van der Waals surface area contributed by atoms with Crippen LogP contribution in [0.15, 0.2) is 12.1 Å². The zero-order valence-electron chi connectivity index (χ0n) is 8.48. The Labute approximate surface area is 92.1 Å². The molecule has 82 valence electrons. The number of halogens is 3. The van der Waals surface area contributed by atoms with Crippen molar-refractivity contribution in [3.8, 4) is 0 Å². The topological polar surface area (TPSA) is 17.1 Å². The van der Waals surface area contributed by atoms with Crippen molar-refractivity contribution in [1.82, 2.24) is 0 Å². The highest BCUT2D eigenvalue weighted by Gasteiger charge is 2.19. The Hall–Kier alpha value is -0.960. The van der Waals surface area contributed by atoms with Crippen molar-refractivity contribution < 1.29 is 13.6 Å². The van der Waals surface area contributed by atoms with E-state index in [-0.39, 0.29) is 16.5 Å². The van der Waals surface area contributed by atoms with Gasteiger partial charge in [0, 0.05) is 5.92 Å². The minimum absolute atomic E-state index is 0.230. The van der Waals surface area contributed by atoms with Gasteiger partial charge in [0.15, 0.2) is 5.78 Å². The number of hydrogen-bond donors (Lipinski definition) is 0. The molecule has 0 aliphatic carbocycles. The summed E-state index contributed by atoms with van der Waals surface area (Å²) in [6.45, 7) is 3.49. The van der Waals surface area contributed by atoms with Crippen LogP contribution in [0.4, 0.5) is 8.78 Å². The summed E-state index contributed by atoms with van der Waals surface area (Å²) < 4.78 is 26.3. The second-order valence-electron chi connectivity index (χ2n) is 3.42. The van der Waals surface area contributed by atoms with Crippen LogP contribution in [0.1, 0.15) is 30.6 Å². The van der Waals surface area contributed by atoms with Crippen LogP contribution in [-0.2, 0) is 0 Å². The first-order valence-electron chi connectivity index (χ1n) is 4.66. The van der Waals surface area contributed by atoms with Crippen LogP contribution in [0, 0.1) is 17.6 Å². The fraction of sp³-hybridized carbons (Fsp3) is 0.364. The van der Waals surface area contributed by atoms with Crippen LogP contribution in [0.5, 0.6) is 0 Å². The molecule has 1 unspecified atom stereocenters. The van der Waals surface area contributed by atoms with Crippen LogP contribution in [0.3, 0.4) is 0 Å². The summed E-state index contributed by atoms with van der Waals surface area (Å²) in [6, 6.07) is 1.68. The quantitative estimate of drug-likeness (QED) is 0.572. The van der Waals surface area contributed by atoms with Crippen molar-refractivity contribution >= 4 is 17.4 Å². The summed E-state index contributed by atoms with van der Waals surface area (Å²) in [5.74, 6) is -2.26. The molecule has 1 aromatic rings. The molecule has 0 bridgehead atoms. The molecule has 15 heavy (non-hydrogen) atoms. The van der Waals surface area contributed by atoms with Crippen LogP contribution in [-0.4, -0.2) is 5.78 Å². The zero-order valence-corrected chi connectivity index (χ0v) is 9.24. The molecule has 0 spiro atoms. The van der Waals surface area contributed by atoms with E-state index in [4.69, 9.17) is 11.6 Å². The van der Waals surface area contributed by atoms with Crippen LogP contribution in [0.25, 0.3) is 0 Å². The molecule has 0 aliphatic heterocycles. The number of ketones is 1. The van der Waals surface area contributed by atoms with Gasteiger partial charge in [0.25, 0.3) is 0 Å². The Bertz CT molecular complexity index is 390. The van der Waals surface area contributed by atoms with Crippen LogP contribution < -0.4 is 0 Å². The van der Waals surface area contributed by atoms with E-state index in [1.807, 2.05) is 6.92 Å². The Morgan fingerprint density at radius 1 is 1.40 bits per heavy atom.